The number of fused-ring (bicyclic) bond motifs is 2. The molecule has 0 atom stereocenters. The van der Waals surface area contributed by atoms with Crippen LogP contribution in [0.2, 0.25) is 0 Å². The van der Waals surface area contributed by atoms with Gasteiger partial charge in [-0.2, -0.15) is 5.10 Å². The Labute approximate surface area is 115 Å². The van der Waals surface area contributed by atoms with Gasteiger partial charge >= 0.3 is 0 Å². The molecule has 0 amide bonds. The van der Waals surface area contributed by atoms with Crippen molar-refractivity contribution in [3.05, 3.63) is 67.0 Å². The highest BCUT2D eigenvalue weighted by atomic mass is 15.1. The third-order valence-corrected chi connectivity index (χ3v) is 3.44. The van der Waals surface area contributed by atoms with Gasteiger partial charge in [-0.15, -0.1) is 5.10 Å². The second-order valence-electron chi connectivity index (χ2n) is 4.69. The molecule has 2 aromatic carbocycles. The van der Waals surface area contributed by atoms with Crippen LogP contribution in [0.5, 0.6) is 0 Å². The Balaban J connectivity index is 2.09. The van der Waals surface area contributed by atoms with Gasteiger partial charge in [0.2, 0.25) is 0 Å². The summed E-state index contributed by atoms with van der Waals surface area (Å²) < 4.78 is 0. The minimum absolute atomic E-state index is 0.828. The first-order valence-corrected chi connectivity index (χ1v) is 6.47. The Kier molecular flexibility index (Phi) is 2.42. The standard InChI is InChI=1S/C17H11N3/c1-2-6-13-10-15-14(9-12(13)5-1)11-19-20-17(15)16-7-3-4-8-18-16/h1-11H. The number of hydrogen-bond acceptors (Lipinski definition) is 3. The van der Waals surface area contributed by atoms with E-state index in [1.807, 2.05) is 30.3 Å². The molecule has 0 unspecified atom stereocenters. The Hall–Kier alpha value is -2.81. The van der Waals surface area contributed by atoms with E-state index in [1.165, 1.54) is 10.8 Å². The lowest BCUT2D eigenvalue weighted by molar-refractivity contribution is 1.05. The van der Waals surface area contributed by atoms with E-state index in [0.717, 1.165) is 22.2 Å². The SMILES string of the molecule is c1ccc(-c2nncc3cc4ccccc4cc23)nc1. The molecule has 0 spiro atoms. The van der Waals surface area contributed by atoms with Crippen LogP contribution in [0.25, 0.3) is 32.9 Å². The maximum absolute atomic E-state index is 4.38. The molecule has 4 aromatic rings. The Morgan fingerprint density at radius 1 is 0.750 bits per heavy atom. The minimum atomic E-state index is 0.828. The van der Waals surface area contributed by atoms with Crippen LogP contribution in [0.15, 0.2) is 67.0 Å². The van der Waals surface area contributed by atoms with Gasteiger partial charge in [-0.3, -0.25) is 4.98 Å². The molecule has 0 aliphatic rings. The predicted molar refractivity (Wildman–Crippen MR) is 80.3 cm³/mol. The maximum atomic E-state index is 4.38. The normalized spacial score (nSPS) is 11.0. The zero-order valence-corrected chi connectivity index (χ0v) is 10.7. The molecule has 20 heavy (non-hydrogen) atoms. The Bertz CT molecular complexity index is 901. The van der Waals surface area contributed by atoms with E-state index in [0.29, 0.717) is 0 Å². The third-order valence-electron chi connectivity index (χ3n) is 3.44. The van der Waals surface area contributed by atoms with Gasteiger partial charge in [0.15, 0.2) is 0 Å². The van der Waals surface area contributed by atoms with Gasteiger partial charge in [-0.25, -0.2) is 0 Å². The molecule has 0 fully saturated rings. The van der Waals surface area contributed by atoms with Crippen molar-refractivity contribution in [2.24, 2.45) is 0 Å². The number of benzene rings is 2. The molecular weight excluding hydrogens is 246 g/mol. The molecule has 2 aromatic heterocycles. The average Bonchev–Trinajstić information content (AvgIpc) is 2.53. The zero-order valence-electron chi connectivity index (χ0n) is 10.7. The van der Waals surface area contributed by atoms with Gasteiger partial charge in [0.05, 0.1) is 11.9 Å². The molecule has 0 aliphatic carbocycles. The van der Waals surface area contributed by atoms with E-state index in [2.05, 4.69) is 39.4 Å². The predicted octanol–water partition coefficient (Wildman–Crippen LogP) is 3.85. The van der Waals surface area contributed by atoms with Crippen molar-refractivity contribution < 1.29 is 0 Å². The van der Waals surface area contributed by atoms with Crippen LogP contribution in [-0.4, -0.2) is 15.2 Å². The van der Waals surface area contributed by atoms with Crippen molar-refractivity contribution >= 4 is 21.5 Å². The second kappa shape index (κ2) is 4.38. The number of nitrogens with zero attached hydrogens (tertiary/aromatic N) is 3. The fraction of sp³-hybridized carbons (Fsp3) is 0. The first kappa shape index (κ1) is 11.1. The van der Waals surface area contributed by atoms with Gasteiger partial charge < -0.3 is 0 Å². The van der Waals surface area contributed by atoms with Crippen LogP contribution >= 0.6 is 0 Å². The Morgan fingerprint density at radius 3 is 2.35 bits per heavy atom. The lowest BCUT2D eigenvalue weighted by Crippen LogP contribution is -1.91. The third kappa shape index (κ3) is 1.72. The minimum Gasteiger partial charge on any atom is -0.255 e. The monoisotopic (exact) mass is 257 g/mol. The Morgan fingerprint density at radius 2 is 1.55 bits per heavy atom. The van der Waals surface area contributed by atoms with E-state index in [9.17, 15) is 0 Å². The molecule has 94 valence electrons. The number of hydrogen-bond donors (Lipinski definition) is 0. The molecule has 0 saturated carbocycles. The lowest BCUT2D eigenvalue weighted by Gasteiger charge is -2.06. The van der Waals surface area contributed by atoms with Crippen molar-refractivity contribution in [3.8, 4) is 11.4 Å². The van der Waals surface area contributed by atoms with Crippen molar-refractivity contribution in [3.63, 3.8) is 0 Å². The smallest absolute Gasteiger partial charge is 0.119 e. The fourth-order valence-corrected chi connectivity index (χ4v) is 2.46. The summed E-state index contributed by atoms with van der Waals surface area (Å²) in [6, 6.07) is 18.4. The van der Waals surface area contributed by atoms with Gasteiger partial charge in [0.25, 0.3) is 0 Å². The number of aromatic nitrogens is 3. The molecule has 0 saturated heterocycles. The van der Waals surface area contributed by atoms with Crippen molar-refractivity contribution in [2.75, 3.05) is 0 Å². The highest BCUT2D eigenvalue weighted by molar-refractivity contribution is 6.02. The van der Waals surface area contributed by atoms with E-state index >= 15 is 0 Å². The van der Waals surface area contributed by atoms with Crippen molar-refractivity contribution in [1.29, 1.82) is 0 Å². The van der Waals surface area contributed by atoms with E-state index in [1.54, 1.807) is 12.4 Å². The zero-order chi connectivity index (χ0) is 13.4. The molecular formula is C17H11N3. The molecule has 0 radical (unpaired) electrons. The molecule has 3 heteroatoms. The van der Waals surface area contributed by atoms with Gasteiger partial charge in [0.1, 0.15) is 5.69 Å². The van der Waals surface area contributed by atoms with Crippen LogP contribution in [0.3, 0.4) is 0 Å². The fourth-order valence-electron chi connectivity index (χ4n) is 2.46. The summed E-state index contributed by atoms with van der Waals surface area (Å²) in [5.74, 6) is 0. The largest absolute Gasteiger partial charge is 0.255 e. The first-order chi connectivity index (χ1) is 9.92. The van der Waals surface area contributed by atoms with Crippen LogP contribution in [0.1, 0.15) is 0 Å². The lowest BCUT2D eigenvalue weighted by atomic mass is 10.0. The summed E-state index contributed by atoms with van der Waals surface area (Å²) in [7, 11) is 0. The van der Waals surface area contributed by atoms with Crippen LogP contribution < -0.4 is 0 Å². The molecule has 0 bridgehead atoms. The quantitative estimate of drug-likeness (QED) is 0.486. The summed E-state index contributed by atoms with van der Waals surface area (Å²) >= 11 is 0. The summed E-state index contributed by atoms with van der Waals surface area (Å²) in [4.78, 5) is 4.38. The summed E-state index contributed by atoms with van der Waals surface area (Å²) in [5, 5.41) is 12.9. The maximum Gasteiger partial charge on any atom is 0.119 e. The highest BCUT2D eigenvalue weighted by Crippen LogP contribution is 2.28. The van der Waals surface area contributed by atoms with Gasteiger partial charge in [-0.1, -0.05) is 30.3 Å². The van der Waals surface area contributed by atoms with Crippen molar-refractivity contribution in [1.82, 2.24) is 15.2 Å². The van der Waals surface area contributed by atoms with Crippen LogP contribution in [-0.2, 0) is 0 Å². The number of pyridine rings is 1. The topological polar surface area (TPSA) is 38.7 Å². The molecule has 4 rings (SSSR count). The summed E-state index contributed by atoms with van der Waals surface area (Å²) in [6.45, 7) is 0. The average molecular weight is 257 g/mol. The van der Waals surface area contributed by atoms with Crippen molar-refractivity contribution in [2.45, 2.75) is 0 Å². The second-order valence-corrected chi connectivity index (χ2v) is 4.69. The first-order valence-electron chi connectivity index (χ1n) is 6.47. The molecule has 2 heterocycles. The molecule has 0 aliphatic heterocycles. The summed E-state index contributed by atoms with van der Waals surface area (Å²) in [5.41, 5.74) is 1.68. The molecule has 0 N–H and O–H groups in total. The summed E-state index contributed by atoms with van der Waals surface area (Å²) in [6.07, 6.45) is 3.57. The van der Waals surface area contributed by atoms with E-state index < -0.39 is 0 Å². The van der Waals surface area contributed by atoms with E-state index in [4.69, 9.17) is 0 Å². The van der Waals surface area contributed by atoms with Gasteiger partial charge in [0, 0.05) is 17.0 Å². The number of rotatable bonds is 1. The van der Waals surface area contributed by atoms with Crippen LogP contribution in [0.4, 0.5) is 0 Å². The van der Waals surface area contributed by atoms with Gasteiger partial charge in [-0.05, 0) is 35.0 Å². The van der Waals surface area contributed by atoms with E-state index in [-0.39, 0.29) is 0 Å². The highest BCUT2D eigenvalue weighted by Gasteiger charge is 2.08. The molecule has 3 nitrogen and oxygen atoms in total. The van der Waals surface area contributed by atoms with Crippen LogP contribution in [0, 0.1) is 0 Å².